The van der Waals surface area contributed by atoms with Crippen LogP contribution in [0.15, 0.2) is 48.5 Å². The molecule has 0 aliphatic rings. The Morgan fingerprint density at radius 2 is 1.86 bits per heavy atom. The first-order valence-corrected chi connectivity index (χ1v) is 6.55. The number of phenolic OH excluding ortho intramolecular Hbond substituents is 2. The molecule has 3 N–H and O–H groups in total. The van der Waals surface area contributed by atoms with E-state index in [9.17, 15) is 15.0 Å². The van der Waals surface area contributed by atoms with Crippen molar-refractivity contribution < 1.29 is 19.7 Å². The van der Waals surface area contributed by atoms with Crippen LogP contribution >= 0.6 is 0 Å². The highest BCUT2D eigenvalue weighted by Crippen LogP contribution is 2.27. The highest BCUT2D eigenvalue weighted by Gasteiger charge is 2.12. The van der Waals surface area contributed by atoms with Crippen molar-refractivity contribution in [1.82, 2.24) is 5.32 Å². The lowest BCUT2D eigenvalue weighted by atomic mass is 10.1. The number of alkyl carbamates (subject to hydrolysis) is 1. The quantitative estimate of drug-likeness (QED) is 0.755. The number of amides is 1. The molecule has 0 bridgehead atoms. The number of carbonyl (C=O) groups excluding carboxylic acids is 1. The Bertz CT molecular complexity index is 613. The number of aromatic hydroxyl groups is 2. The third kappa shape index (κ3) is 4.14. The van der Waals surface area contributed by atoms with Gasteiger partial charge in [-0.3, -0.25) is 0 Å². The molecule has 0 radical (unpaired) electrons. The summed E-state index contributed by atoms with van der Waals surface area (Å²) in [6.45, 7) is 1.95. The smallest absolute Gasteiger partial charge is 0.407 e. The van der Waals surface area contributed by atoms with Gasteiger partial charge in [-0.1, -0.05) is 36.4 Å². The molecular formula is C16H17NO4. The first-order valence-electron chi connectivity index (χ1n) is 6.55. The summed E-state index contributed by atoms with van der Waals surface area (Å²) in [5.74, 6) is -0.420. The number of rotatable bonds is 4. The van der Waals surface area contributed by atoms with E-state index in [0.29, 0.717) is 5.56 Å². The maximum Gasteiger partial charge on any atom is 0.407 e. The van der Waals surface area contributed by atoms with E-state index in [-0.39, 0.29) is 24.1 Å². The summed E-state index contributed by atoms with van der Waals surface area (Å²) in [4.78, 5) is 11.7. The van der Waals surface area contributed by atoms with Crippen molar-refractivity contribution in [3.8, 4) is 11.5 Å². The van der Waals surface area contributed by atoms with Gasteiger partial charge in [0.15, 0.2) is 11.5 Å². The highest BCUT2D eigenvalue weighted by atomic mass is 16.5. The van der Waals surface area contributed by atoms with Crippen LogP contribution in [0.3, 0.4) is 0 Å². The molecule has 2 aromatic carbocycles. The minimum absolute atomic E-state index is 0.195. The molecule has 2 aromatic rings. The Morgan fingerprint density at radius 3 is 2.52 bits per heavy atom. The molecule has 110 valence electrons. The molecule has 2 rings (SSSR count). The summed E-state index contributed by atoms with van der Waals surface area (Å²) >= 11 is 0. The zero-order valence-corrected chi connectivity index (χ0v) is 11.6. The van der Waals surface area contributed by atoms with E-state index in [1.807, 2.05) is 30.3 Å². The lowest BCUT2D eigenvalue weighted by Crippen LogP contribution is -2.27. The average molecular weight is 287 g/mol. The first kappa shape index (κ1) is 14.7. The van der Waals surface area contributed by atoms with Crippen LogP contribution in [0.5, 0.6) is 11.5 Å². The molecule has 5 heteroatoms. The summed E-state index contributed by atoms with van der Waals surface area (Å²) in [7, 11) is 0. The lowest BCUT2D eigenvalue weighted by molar-refractivity contribution is 0.136. The van der Waals surface area contributed by atoms with E-state index < -0.39 is 6.09 Å². The molecule has 0 saturated carbocycles. The fourth-order valence-corrected chi connectivity index (χ4v) is 1.83. The molecule has 0 aliphatic carbocycles. The van der Waals surface area contributed by atoms with Crippen LogP contribution in [-0.4, -0.2) is 16.3 Å². The Kier molecular flexibility index (Phi) is 4.66. The van der Waals surface area contributed by atoms with Gasteiger partial charge in [-0.25, -0.2) is 4.79 Å². The molecule has 5 nitrogen and oxygen atoms in total. The monoisotopic (exact) mass is 287 g/mol. The van der Waals surface area contributed by atoms with Crippen LogP contribution in [0.4, 0.5) is 4.79 Å². The van der Waals surface area contributed by atoms with Crippen molar-refractivity contribution in [3.05, 3.63) is 59.7 Å². The molecule has 1 unspecified atom stereocenters. The van der Waals surface area contributed by atoms with E-state index in [1.54, 1.807) is 13.0 Å². The molecule has 0 fully saturated rings. The Labute approximate surface area is 122 Å². The van der Waals surface area contributed by atoms with Crippen molar-refractivity contribution in [1.29, 1.82) is 0 Å². The molecule has 0 heterocycles. The fraction of sp³-hybridized carbons (Fsp3) is 0.188. The average Bonchev–Trinajstić information content (AvgIpc) is 2.49. The first-order chi connectivity index (χ1) is 10.1. The van der Waals surface area contributed by atoms with Gasteiger partial charge in [-0.2, -0.15) is 0 Å². The second-order valence-electron chi connectivity index (χ2n) is 4.68. The van der Waals surface area contributed by atoms with Crippen LogP contribution in [0.1, 0.15) is 24.1 Å². The van der Waals surface area contributed by atoms with Gasteiger partial charge in [0, 0.05) is 0 Å². The normalized spacial score (nSPS) is 11.7. The largest absolute Gasteiger partial charge is 0.504 e. The Hall–Kier alpha value is -2.69. The van der Waals surface area contributed by atoms with Gasteiger partial charge in [0.1, 0.15) is 6.61 Å². The molecule has 0 aromatic heterocycles. The van der Waals surface area contributed by atoms with Gasteiger partial charge < -0.3 is 20.3 Å². The Morgan fingerprint density at radius 1 is 1.14 bits per heavy atom. The second kappa shape index (κ2) is 6.65. The predicted octanol–water partition coefficient (Wildman–Crippen LogP) is 3.09. The molecule has 1 atom stereocenters. The SMILES string of the molecule is CC(NC(=O)OCc1ccccc1)c1ccc(O)c(O)c1. The minimum atomic E-state index is -0.543. The van der Waals surface area contributed by atoms with Crippen molar-refractivity contribution in [2.45, 2.75) is 19.6 Å². The maximum absolute atomic E-state index is 11.7. The summed E-state index contributed by atoms with van der Waals surface area (Å²) < 4.78 is 5.11. The summed E-state index contributed by atoms with van der Waals surface area (Å²) in [5, 5.41) is 21.4. The van der Waals surface area contributed by atoms with Crippen molar-refractivity contribution in [3.63, 3.8) is 0 Å². The van der Waals surface area contributed by atoms with Gasteiger partial charge in [0.2, 0.25) is 0 Å². The zero-order valence-electron chi connectivity index (χ0n) is 11.6. The number of benzene rings is 2. The van der Waals surface area contributed by atoms with E-state index in [0.717, 1.165) is 5.56 Å². The zero-order chi connectivity index (χ0) is 15.2. The maximum atomic E-state index is 11.7. The van der Waals surface area contributed by atoms with Crippen LogP contribution < -0.4 is 5.32 Å². The molecular weight excluding hydrogens is 270 g/mol. The van der Waals surface area contributed by atoms with Crippen molar-refractivity contribution in [2.24, 2.45) is 0 Å². The van der Waals surface area contributed by atoms with Gasteiger partial charge in [0.05, 0.1) is 6.04 Å². The van der Waals surface area contributed by atoms with Gasteiger partial charge in [-0.05, 0) is 30.2 Å². The van der Waals surface area contributed by atoms with Gasteiger partial charge in [0.25, 0.3) is 0 Å². The van der Waals surface area contributed by atoms with Gasteiger partial charge in [-0.15, -0.1) is 0 Å². The number of phenols is 2. The lowest BCUT2D eigenvalue weighted by Gasteiger charge is -2.15. The molecule has 1 amide bonds. The standard InChI is InChI=1S/C16H17NO4/c1-11(13-7-8-14(18)15(19)9-13)17-16(20)21-10-12-5-3-2-4-6-12/h2-9,11,18-19H,10H2,1H3,(H,17,20). The second-order valence-corrected chi connectivity index (χ2v) is 4.68. The van der Waals surface area contributed by atoms with Crippen molar-refractivity contribution >= 4 is 6.09 Å². The topological polar surface area (TPSA) is 78.8 Å². The van der Waals surface area contributed by atoms with Crippen LogP contribution in [0.25, 0.3) is 0 Å². The Balaban J connectivity index is 1.88. The minimum Gasteiger partial charge on any atom is -0.504 e. The summed E-state index contributed by atoms with van der Waals surface area (Å²) in [5.41, 5.74) is 1.57. The molecule has 0 spiro atoms. The van der Waals surface area contributed by atoms with Crippen molar-refractivity contribution in [2.75, 3.05) is 0 Å². The molecule has 0 aliphatic heterocycles. The third-order valence-corrected chi connectivity index (χ3v) is 3.05. The van der Waals surface area contributed by atoms with E-state index in [1.165, 1.54) is 12.1 Å². The van der Waals surface area contributed by atoms with E-state index in [4.69, 9.17) is 4.74 Å². The number of ether oxygens (including phenoxy) is 1. The van der Waals surface area contributed by atoms with Crippen LogP contribution in [-0.2, 0) is 11.3 Å². The molecule has 0 saturated heterocycles. The molecule has 21 heavy (non-hydrogen) atoms. The van der Waals surface area contributed by atoms with E-state index in [2.05, 4.69) is 5.32 Å². The van der Waals surface area contributed by atoms with Gasteiger partial charge >= 0.3 is 6.09 Å². The number of hydrogen-bond acceptors (Lipinski definition) is 4. The predicted molar refractivity (Wildman–Crippen MR) is 77.9 cm³/mol. The number of nitrogens with one attached hydrogen (secondary N) is 1. The fourth-order valence-electron chi connectivity index (χ4n) is 1.83. The van der Waals surface area contributed by atoms with E-state index >= 15 is 0 Å². The third-order valence-electron chi connectivity index (χ3n) is 3.05. The summed E-state index contributed by atoms with van der Waals surface area (Å²) in [6, 6.07) is 13.4. The summed E-state index contributed by atoms with van der Waals surface area (Å²) in [6.07, 6.45) is -0.543. The number of carbonyl (C=O) groups is 1. The number of hydrogen-bond donors (Lipinski definition) is 3. The highest BCUT2D eigenvalue weighted by molar-refractivity contribution is 5.68. The van der Waals surface area contributed by atoms with Crippen LogP contribution in [0, 0.1) is 0 Å². The van der Waals surface area contributed by atoms with Crippen LogP contribution in [0.2, 0.25) is 0 Å².